The number of ether oxygens (including phenoxy) is 1. The van der Waals surface area contributed by atoms with Crippen LogP contribution in [0.4, 0.5) is 22.0 Å². The predicted molar refractivity (Wildman–Crippen MR) is 56.7 cm³/mol. The first-order valence-electron chi connectivity index (χ1n) is 5.31. The zero-order valence-electron chi connectivity index (χ0n) is 9.93. The normalized spacial score (nSPS) is 11.7. The summed E-state index contributed by atoms with van der Waals surface area (Å²) in [4.78, 5) is 10.9. The molecule has 0 aliphatic heterocycles. The third-order valence-corrected chi connectivity index (χ3v) is 2.56. The molecule has 0 N–H and O–H groups in total. The summed E-state index contributed by atoms with van der Waals surface area (Å²) in [5.74, 6) is -0.753. The lowest BCUT2D eigenvalue weighted by atomic mass is 9.96. The molecule has 0 spiro atoms. The summed E-state index contributed by atoms with van der Waals surface area (Å²) < 4.78 is 67.9. The quantitative estimate of drug-likeness (QED) is 0.621. The van der Waals surface area contributed by atoms with Crippen LogP contribution in [-0.4, -0.2) is 13.1 Å². The minimum absolute atomic E-state index is 0.386. The number of rotatable bonds is 4. The first-order valence-corrected chi connectivity index (χ1v) is 5.31. The molecule has 0 bridgehead atoms. The monoisotopic (exact) mass is 282 g/mol. The van der Waals surface area contributed by atoms with Gasteiger partial charge in [0.15, 0.2) is 0 Å². The minimum atomic E-state index is -4.74. The average molecular weight is 282 g/mol. The van der Waals surface area contributed by atoms with E-state index in [0.29, 0.717) is 0 Å². The third-order valence-electron chi connectivity index (χ3n) is 2.56. The van der Waals surface area contributed by atoms with Crippen LogP contribution in [0.2, 0.25) is 0 Å². The van der Waals surface area contributed by atoms with Crippen LogP contribution < -0.4 is 0 Å². The van der Waals surface area contributed by atoms with Gasteiger partial charge in [-0.3, -0.25) is 4.79 Å². The fraction of sp³-hybridized carbons (Fsp3) is 0.417. The van der Waals surface area contributed by atoms with E-state index in [1.54, 1.807) is 0 Å². The lowest BCUT2D eigenvalue weighted by Crippen LogP contribution is -2.13. The Morgan fingerprint density at radius 1 is 1.32 bits per heavy atom. The third kappa shape index (κ3) is 3.90. The average Bonchev–Trinajstić information content (AvgIpc) is 2.34. The van der Waals surface area contributed by atoms with Crippen molar-refractivity contribution in [3.8, 4) is 0 Å². The van der Waals surface area contributed by atoms with Crippen molar-refractivity contribution in [2.24, 2.45) is 0 Å². The molecule has 0 heterocycles. The largest absolute Gasteiger partial charge is 0.469 e. The molecule has 0 saturated carbocycles. The molecule has 0 aliphatic carbocycles. The van der Waals surface area contributed by atoms with E-state index in [4.69, 9.17) is 0 Å². The van der Waals surface area contributed by atoms with E-state index < -0.39 is 41.7 Å². The van der Waals surface area contributed by atoms with Crippen molar-refractivity contribution in [2.45, 2.75) is 25.4 Å². The second kappa shape index (κ2) is 5.99. The molecule has 19 heavy (non-hydrogen) atoms. The van der Waals surface area contributed by atoms with Crippen LogP contribution in [0.5, 0.6) is 0 Å². The molecule has 0 amide bonds. The number of hydrogen-bond acceptors (Lipinski definition) is 2. The molecule has 0 aromatic heterocycles. The van der Waals surface area contributed by atoms with Crippen LogP contribution in [0.15, 0.2) is 18.2 Å². The zero-order valence-corrected chi connectivity index (χ0v) is 9.93. The van der Waals surface area contributed by atoms with Gasteiger partial charge in [0.05, 0.1) is 12.7 Å². The molecule has 1 rings (SSSR count). The number of hydrogen-bond donors (Lipinski definition) is 0. The van der Waals surface area contributed by atoms with Crippen molar-refractivity contribution in [3.63, 3.8) is 0 Å². The second-order valence-corrected chi connectivity index (χ2v) is 3.75. The van der Waals surface area contributed by atoms with Crippen molar-refractivity contribution in [1.29, 1.82) is 0 Å². The van der Waals surface area contributed by atoms with Gasteiger partial charge in [0.25, 0.3) is 6.43 Å². The van der Waals surface area contributed by atoms with E-state index >= 15 is 0 Å². The van der Waals surface area contributed by atoms with Crippen molar-refractivity contribution >= 4 is 5.97 Å². The van der Waals surface area contributed by atoms with Crippen LogP contribution in [0.1, 0.15) is 29.5 Å². The van der Waals surface area contributed by atoms with Crippen LogP contribution in [0, 0.1) is 0 Å². The number of carbonyl (C=O) groups is 1. The van der Waals surface area contributed by atoms with Gasteiger partial charge in [-0.1, -0.05) is 12.1 Å². The highest BCUT2D eigenvalue weighted by molar-refractivity contribution is 5.69. The van der Waals surface area contributed by atoms with Crippen molar-refractivity contribution < 1.29 is 31.5 Å². The summed E-state index contributed by atoms with van der Waals surface area (Å²) >= 11 is 0. The standard InChI is InChI=1S/C12H11F5O2/c1-19-10(18)6-5-7-8(11(13)14)3-2-4-9(7)12(15,16)17/h2-4,11H,5-6H2,1H3. The smallest absolute Gasteiger partial charge is 0.416 e. The molecule has 0 radical (unpaired) electrons. The van der Waals surface area contributed by atoms with Gasteiger partial charge in [-0.15, -0.1) is 0 Å². The molecule has 1 aromatic carbocycles. The summed E-state index contributed by atoms with van der Waals surface area (Å²) in [6.45, 7) is 0. The zero-order chi connectivity index (χ0) is 14.6. The Bertz CT molecular complexity index is 454. The van der Waals surface area contributed by atoms with Gasteiger partial charge in [0.1, 0.15) is 0 Å². The van der Waals surface area contributed by atoms with Gasteiger partial charge in [-0.05, 0) is 18.1 Å². The van der Waals surface area contributed by atoms with E-state index in [1.807, 2.05) is 0 Å². The summed E-state index contributed by atoms with van der Waals surface area (Å²) in [5.41, 5.74) is -2.41. The Balaban J connectivity index is 3.18. The Morgan fingerprint density at radius 2 is 1.95 bits per heavy atom. The maximum Gasteiger partial charge on any atom is 0.416 e. The van der Waals surface area contributed by atoms with Crippen LogP contribution in [-0.2, 0) is 22.1 Å². The summed E-state index contributed by atoms with van der Waals surface area (Å²) in [6.07, 6.45) is -8.60. The number of carbonyl (C=O) groups excluding carboxylic acids is 1. The molecule has 7 heteroatoms. The topological polar surface area (TPSA) is 26.3 Å². The van der Waals surface area contributed by atoms with Gasteiger partial charge < -0.3 is 4.74 Å². The fourth-order valence-corrected chi connectivity index (χ4v) is 1.68. The summed E-state index contributed by atoms with van der Waals surface area (Å²) in [5, 5.41) is 0. The highest BCUT2D eigenvalue weighted by atomic mass is 19.4. The van der Waals surface area contributed by atoms with Crippen LogP contribution in [0.3, 0.4) is 0 Å². The number of alkyl halides is 5. The Morgan fingerprint density at radius 3 is 2.42 bits per heavy atom. The second-order valence-electron chi connectivity index (χ2n) is 3.75. The van der Waals surface area contributed by atoms with Gasteiger partial charge in [0, 0.05) is 12.0 Å². The SMILES string of the molecule is COC(=O)CCc1c(C(F)F)cccc1C(F)(F)F. The number of benzene rings is 1. The van der Waals surface area contributed by atoms with Crippen LogP contribution >= 0.6 is 0 Å². The lowest BCUT2D eigenvalue weighted by Gasteiger charge is -2.16. The maximum atomic E-state index is 12.7. The van der Waals surface area contributed by atoms with Crippen molar-refractivity contribution in [3.05, 3.63) is 34.9 Å². The number of methoxy groups -OCH3 is 1. The van der Waals surface area contributed by atoms with Gasteiger partial charge in [0.2, 0.25) is 0 Å². The molecule has 0 aliphatic rings. The summed E-state index contributed by atoms with van der Waals surface area (Å²) in [7, 11) is 1.08. The highest BCUT2D eigenvalue weighted by Gasteiger charge is 2.35. The van der Waals surface area contributed by atoms with E-state index in [9.17, 15) is 26.7 Å². The Kier molecular flexibility index (Phi) is 4.85. The predicted octanol–water partition coefficient (Wildman–Crippen LogP) is 3.75. The molecular formula is C12H11F5O2. The molecule has 0 atom stereocenters. The van der Waals surface area contributed by atoms with E-state index in [0.717, 1.165) is 25.3 Å². The molecule has 106 valence electrons. The van der Waals surface area contributed by atoms with Gasteiger partial charge in [-0.25, -0.2) is 8.78 Å². The van der Waals surface area contributed by atoms with E-state index in [1.165, 1.54) is 0 Å². The first kappa shape index (κ1) is 15.4. The molecule has 2 nitrogen and oxygen atoms in total. The lowest BCUT2D eigenvalue weighted by molar-refractivity contribution is -0.142. The Labute approximate surface area is 106 Å². The van der Waals surface area contributed by atoms with Crippen molar-refractivity contribution in [2.75, 3.05) is 7.11 Å². The fourth-order valence-electron chi connectivity index (χ4n) is 1.68. The Hall–Kier alpha value is -1.66. The van der Waals surface area contributed by atoms with E-state index in [-0.39, 0.29) is 6.42 Å². The van der Waals surface area contributed by atoms with Crippen LogP contribution in [0.25, 0.3) is 0 Å². The number of halogens is 5. The van der Waals surface area contributed by atoms with Gasteiger partial charge >= 0.3 is 12.1 Å². The minimum Gasteiger partial charge on any atom is -0.469 e. The summed E-state index contributed by atoms with van der Waals surface area (Å²) in [6, 6.07) is 2.57. The van der Waals surface area contributed by atoms with Crippen molar-refractivity contribution in [1.82, 2.24) is 0 Å². The molecule has 0 saturated heterocycles. The maximum absolute atomic E-state index is 12.7. The molecule has 0 fully saturated rings. The molecule has 1 aromatic rings. The molecular weight excluding hydrogens is 271 g/mol. The highest BCUT2D eigenvalue weighted by Crippen LogP contribution is 2.36. The number of esters is 1. The molecule has 0 unspecified atom stereocenters. The van der Waals surface area contributed by atoms with Gasteiger partial charge in [-0.2, -0.15) is 13.2 Å². The van der Waals surface area contributed by atoms with E-state index in [2.05, 4.69) is 4.74 Å². The first-order chi connectivity index (χ1) is 8.77.